The molecule has 0 fully saturated rings. The first-order valence-electron chi connectivity index (χ1n) is 16.4. The molecule has 7 rings (SSSR count). The second kappa shape index (κ2) is 13.2. The number of nitrogens with zero attached hydrogens (tertiary/aromatic N) is 6. The Labute approximate surface area is 297 Å². The molecule has 0 bridgehead atoms. The van der Waals surface area contributed by atoms with Gasteiger partial charge in [0, 0.05) is 47.2 Å². The molecule has 2 atom stereocenters. The zero-order valence-electron chi connectivity index (χ0n) is 28.3. The third-order valence-electron chi connectivity index (χ3n) is 8.54. The van der Waals surface area contributed by atoms with Gasteiger partial charge in [-0.15, -0.1) is 5.10 Å². The van der Waals surface area contributed by atoms with Gasteiger partial charge in [-0.1, -0.05) is 60.1 Å². The Kier molecular flexibility index (Phi) is 8.69. The molecule has 0 aliphatic carbocycles. The zero-order chi connectivity index (χ0) is 36.0. The van der Waals surface area contributed by atoms with Crippen LogP contribution in [0.4, 0.5) is 10.6 Å². The summed E-state index contributed by atoms with van der Waals surface area (Å²) in [6.45, 7) is 7.55. The Hall–Kier alpha value is -5.79. The van der Waals surface area contributed by atoms with E-state index < -0.39 is 29.9 Å². The largest absolute Gasteiger partial charge is 0.444 e. The molecule has 3 aromatic carbocycles. The first-order valence-corrected chi connectivity index (χ1v) is 16.7. The molecule has 3 amide bonds. The van der Waals surface area contributed by atoms with Gasteiger partial charge in [-0.05, 0) is 57.0 Å². The third kappa shape index (κ3) is 6.48. The lowest BCUT2D eigenvalue weighted by atomic mass is 9.93. The number of rotatable bonds is 8. The zero-order valence-corrected chi connectivity index (χ0v) is 29.0. The van der Waals surface area contributed by atoms with Crippen LogP contribution >= 0.6 is 11.6 Å². The number of carbonyl (C=O) groups excluding carboxylic acids is 3. The molecule has 3 aromatic heterocycles. The molecule has 260 valence electrons. The highest BCUT2D eigenvalue weighted by atomic mass is 35.5. The number of aliphatic hydroxyl groups excluding tert-OH is 1. The van der Waals surface area contributed by atoms with Crippen LogP contribution in [0.3, 0.4) is 0 Å². The van der Waals surface area contributed by atoms with Crippen molar-refractivity contribution in [2.45, 2.75) is 52.1 Å². The van der Waals surface area contributed by atoms with Crippen molar-refractivity contribution in [3.05, 3.63) is 113 Å². The van der Waals surface area contributed by atoms with Gasteiger partial charge in [0.05, 0.1) is 17.6 Å². The van der Waals surface area contributed by atoms with Gasteiger partial charge in [-0.3, -0.25) is 19.6 Å². The van der Waals surface area contributed by atoms with Gasteiger partial charge in [-0.2, -0.15) is 5.10 Å². The number of carbonyl (C=O) groups is 3. The maximum Gasteiger partial charge on any atom is 0.413 e. The summed E-state index contributed by atoms with van der Waals surface area (Å²) in [5.41, 5.74) is 3.52. The van der Waals surface area contributed by atoms with Crippen molar-refractivity contribution in [1.29, 1.82) is 0 Å². The van der Waals surface area contributed by atoms with Crippen molar-refractivity contribution in [3.8, 4) is 11.1 Å². The van der Waals surface area contributed by atoms with E-state index in [2.05, 4.69) is 20.7 Å². The minimum absolute atomic E-state index is 0.00661. The maximum absolute atomic E-state index is 14.0. The predicted octanol–water partition coefficient (Wildman–Crippen LogP) is 6.38. The summed E-state index contributed by atoms with van der Waals surface area (Å²) < 4.78 is 8.52. The Morgan fingerprint density at radius 3 is 2.53 bits per heavy atom. The van der Waals surface area contributed by atoms with E-state index in [4.69, 9.17) is 21.4 Å². The summed E-state index contributed by atoms with van der Waals surface area (Å²) in [7, 11) is 0. The van der Waals surface area contributed by atoms with E-state index in [0.717, 1.165) is 11.1 Å². The highest BCUT2D eigenvalue weighted by molar-refractivity contribution is 6.36. The second-order valence-electron chi connectivity index (χ2n) is 13.2. The summed E-state index contributed by atoms with van der Waals surface area (Å²) in [5, 5.41) is 26.9. The molecule has 14 heteroatoms. The molecule has 1 aliphatic rings. The van der Waals surface area contributed by atoms with Crippen LogP contribution in [0.25, 0.3) is 27.7 Å². The highest BCUT2D eigenvalue weighted by Gasteiger charge is 2.35. The Balaban J connectivity index is 1.21. The molecule has 0 saturated heterocycles. The number of benzene rings is 3. The summed E-state index contributed by atoms with van der Waals surface area (Å²) in [6, 6.07) is 19.5. The van der Waals surface area contributed by atoms with Gasteiger partial charge in [-0.25, -0.2) is 14.3 Å². The van der Waals surface area contributed by atoms with Crippen molar-refractivity contribution in [2.75, 3.05) is 11.9 Å². The van der Waals surface area contributed by atoms with Crippen molar-refractivity contribution in [2.24, 2.45) is 0 Å². The summed E-state index contributed by atoms with van der Waals surface area (Å²) in [5.74, 6) is -0.777. The SMILES string of the molecule is CC(NC(=O)c1c(NC(=O)OC(C)(C)C)nn2cccnc12)c1cc(Cl)c2cn(CCN3C(=O)c4ccccc4C3O)nc2c1-c1ccccc1. The van der Waals surface area contributed by atoms with Crippen LogP contribution in [-0.2, 0) is 11.3 Å². The molecule has 4 heterocycles. The average molecular weight is 707 g/mol. The van der Waals surface area contributed by atoms with Gasteiger partial charge in [0.25, 0.3) is 11.8 Å². The van der Waals surface area contributed by atoms with Crippen LogP contribution in [0, 0.1) is 0 Å². The molecule has 2 unspecified atom stereocenters. The lowest BCUT2D eigenvalue weighted by Gasteiger charge is -2.21. The monoisotopic (exact) mass is 706 g/mol. The van der Waals surface area contributed by atoms with E-state index in [-0.39, 0.29) is 29.5 Å². The quantitative estimate of drug-likeness (QED) is 0.165. The van der Waals surface area contributed by atoms with Crippen LogP contribution in [0.15, 0.2) is 85.3 Å². The van der Waals surface area contributed by atoms with Crippen molar-refractivity contribution >= 4 is 51.9 Å². The number of anilines is 1. The van der Waals surface area contributed by atoms with Crippen LogP contribution in [0.5, 0.6) is 0 Å². The number of aromatic nitrogens is 5. The topological polar surface area (TPSA) is 156 Å². The van der Waals surface area contributed by atoms with Gasteiger partial charge in [0.15, 0.2) is 17.7 Å². The molecule has 0 spiro atoms. The Morgan fingerprint density at radius 1 is 1.04 bits per heavy atom. The molecule has 13 nitrogen and oxygen atoms in total. The van der Waals surface area contributed by atoms with Crippen LogP contribution in [0.2, 0.25) is 5.02 Å². The normalized spacial score (nSPS) is 14.9. The van der Waals surface area contributed by atoms with E-state index in [1.807, 2.05) is 49.5 Å². The number of ether oxygens (including phenoxy) is 1. The van der Waals surface area contributed by atoms with E-state index >= 15 is 0 Å². The summed E-state index contributed by atoms with van der Waals surface area (Å²) in [6.07, 6.45) is 3.17. The fourth-order valence-electron chi connectivity index (χ4n) is 6.28. The predicted molar refractivity (Wildman–Crippen MR) is 191 cm³/mol. The molecule has 0 saturated carbocycles. The fourth-order valence-corrected chi connectivity index (χ4v) is 6.54. The number of aliphatic hydroxyl groups is 1. The van der Waals surface area contributed by atoms with E-state index in [1.54, 1.807) is 62.0 Å². The summed E-state index contributed by atoms with van der Waals surface area (Å²) in [4.78, 5) is 45.5. The smallest absolute Gasteiger partial charge is 0.413 e. The second-order valence-corrected chi connectivity index (χ2v) is 13.6. The molecule has 0 radical (unpaired) electrons. The van der Waals surface area contributed by atoms with Gasteiger partial charge in [0.2, 0.25) is 0 Å². The van der Waals surface area contributed by atoms with Crippen molar-refractivity contribution in [1.82, 2.24) is 34.6 Å². The Morgan fingerprint density at radius 2 is 1.78 bits per heavy atom. The van der Waals surface area contributed by atoms with Gasteiger partial charge < -0.3 is 20.1 Å². The lowest BCUT2D eigenvalue weighted by molar-refractivity contribution is 0.0158. The van der Waals surface area contributed by atoms with Gasteiger partial charge in [0.1, 0.15) is 16.7 Å². The maximum atomic E-state index is 14.0. The number of hydrogen-bond acceptors (Lipinski definition) is 8. The molecular weight excluding hydrogens is 672 g/mol. The van der Waals surface area contributed by atoms with E-state index in [1.165, 1.54) is 15.6 Å². The van der Waals surface area contributed by atoms with Crippen LogP contribution in [0.1, 0.15) is 71.8 Å². The van der Waals surface area contributed by atoms with Gasteiger partial charge >= 0.3 is 6.09 Å². The van der Waals surface area contributed by atoms with Crippen LogP contribution < -0.4 is 10.6 Å². The number of fused-ring (bicyclic) bond motifs is 3. The lowest BCUT2D eigenvalue weighted by Crippen LogP contribution is -2.31. The van der Waals surface area contributed by atoms with E-state index in [9.17, 15) is 19.5 Å². The molecule has 6 aromatic rings. The number of halogens is 1. The van der Waals surface area contributed by atoms with Crippen molar-refractivity contribution < 1.29 is 24.2 Å². The minimum Gasteiger partial charge on any atom is -0.444 e. The van der Waals surface area contributed by atoms with Crippen molar-refractivity contribution in [3.63, 3.8) is 0 Å². The summed E-state index contributed by atoms with van der Waals surface area (Å²) >= 11 is 6.91. The highest BCUT2D eigenvalue weighted by Crippen LogP contribution is 2.39. The Bertz CT molecular complexity index is 2310. The number of nitrogens with one attached hydrogen (secondary N) is 2. The number of hydrogen-bond donors (Lipinski definition) is 3. The average Bonchev–Trinajstić information content (AvgIpc) is 3.75. The van der Waals surface area contributed by atoms with E-state index in [0.29, 0.717) is 39.2 Å². The number of amides is 3. The first kappa shape index (κ1) is 33.7. The minimum atomic E-state index is -1.04. The molecular formula is C37H35ClN8O5. The molecule has 51 heavy (non-hydrogen) atoms. The first-order chi connectivity index (χ1) is 24.4. The third-order valence-corrected chi connectivity index (χ3v) is 8.85. The molecule has 1 aliphatic heterocycles. The van der Waals surface area contributed by atoms with Crippen LogP contribution in [-0.4, -0.2) is 64.4 Å². The fraction of sp³-hybridized carbons (Fsp3) is 0.243. The standard InChI is InChI=1S/C37H35ClN8O5/c1-21(40-33(47)29-31(41-36(50)51-37(2,3)4)43-46-16-10-15-39-32(29)46)25-19-27(38)26-20-44(42-30(26)28(25)22-11-6-5-7-12-22)17-18-45-34(48)23-13-8-9-14-24(23)35(45)49/h5-16,19-21,34,48H,17-18H2,1-4H3,(H,40,47)(H,41,43,50). The molecule has 3 N–H and O–H groups in total.